The van der Waals surface area contributed by atoms with Crippen molar-refractivity contribution in [2.24, 2.45) is 0 Å². The first-order valence-corrected chi connectivity index (χ1v) is 6.20. The molecule has 3 heteroatoms. The fourth-order valence-corrected chi connectivity index (χ4v) is 1.76. The number of nitrogens with zero attached hydrogens (tertiary/aromatic N) is 1. The Morgan fingerprint density at radius 1 is 1.39 bits per heavy atom. The van der Waals surface area contributed by atoms with Gasteiger partial charge in [0.05, 0.1) is 13.7 Å². The third-order valence-electron chi connectivity index (χ3n) is 2.71. The third-order valence-corrected chi connectivity index (χ3v) is 2.71. The van der Waals surface area contributed by atoms with Gasteiger partial charge < -0.3 is 4.74 Å². The molecule has 0 amide bonds. The highest BCUT2D eigenvalue weighted by atomic mass is 16.5. The molecule has 0 bridgehead atoms. The molecule has 0 aliphatic rings. The van der Waals surface area contributed by atoms with Crippen LogP contribution in [0.2, 0.25) is 0 Å². The maximum Gasteiger partial charge on any atom is 0.319 e. The van der Waals surface area contributed by atoms with Crippen LogP contribution in [0.5, 0.6) is 0 Å². The molecule has 0 fully saturated rings. The van der Waals surface area contributed by atoms with E-state index in [1.54, 1.807) is 0 Å². The zero-order valence-corrected chi connectivity index (χ0v) is 11.0. The topological polar surface area (TPSA) is 29.5 Å². The van der Waals surface area contributed by atoms with E-state index in [0.717, 1.165) is 25.9 Å². The lowest BCUT2D eigenvalue weighted by molar-refractivity contribution is -0.142. The van der Waals surface area contributed by atoms with Crippen LogP contribution in [0.25, 0.3) is 0 Å². The molecule has 1 rings (SSSR count). The number of ether oxygens (including phenoxy) is 1. The minimum atomic E-state index is -0.190. The summed E-state index contributed by atoms with van der Waals surface area (Å²) in [6.45, 7) is 5.69. The van der Waals surface area contributed by atoms with Gasteiger partial charge >= 0.3 is 5.97 Å². The molecule has 0 N–H and O–H groups in total. The number of allylic oxidation sites excluding steroid dienone is 1. The number of hydrogen-bond donors (Lipinski definition) is 0. The average Bonchev–Trinajstić information content (AvgIpc) is 2.40. The number of unbranched alkanes of at least 4 members (excludes halogenated alkanes) is 1. The summed E-state index contributed by atoms with van der Waals surface area (Å²) >= 11 is 0. The van der Waals surface area contributed by atoms with Crippen LogP contribution in [0.1, 0.15) is 18.4 Å². The summed E-state index contributed by atoms with van der Waals surface area (Å²) in [6.07, 6.45) is 3.87. The molecular weight excluding hydrogens is 226 g/mol. The summed E-state index contributed by atoms with van der Waals surface area (Å²) in [5.74, 6) is -0.190. The quantitative estimate of drug-likeness (QED) is 0.402. The second-order valence-corrected chi connectivity index (χ2v) is 4.20. The average molecular weight is 247 g/mol. The Morgan fingerprint density at radius 3 is 2.72 bits per heavy atom. The highest BCUT2D eigenvalue weighted by Crippen LogP contribution is 2.06. The Morgan fingerprint density at radius 2 is 2.11 bits per heavy atom. The molecule has 0 aromatic heterocycles. The monoisotopic (exact) mass is 247 g/mol. The molecule has 0 atom stereocenters. The fourth-order valence-electron chi connectivity index (χ4n) is 1.76. The standard InChI is InChI=1S/C15H21NO2/c1-3-4-8-11-16(13-15(17)18-2)12-14-9-6-5-7-10-14/h3,5-7,9-10H,1,4,8,11-13H2,2H3. The number of rotatable bonds is 8. The maximum absolute atomic E-state index is 11.4. The van der Waals surface area contributed by atoms with E-state index >= 15 is 0 Å². The smallest absolute Gasteiger partial charge is 0.319 e. The largest absolute Gasteiger partial charge is 0.468 e. The number of carbonyl (C=O) groups is 1. The second kappa shape index (κ2) is 8.48. The van der Waals surface area contributed by atoms with E-state index in [1.807, 2.05) is 24.3 Å². The van der Waals surface area contributed by atoms with Gasteiger partial charge in [-0.15, -0.1) is 6.58 Å². The van der Waals surface area contributed by atoms with Crippen molar-refractivity contribution < 1.29 is 9.53 Å². The number of methoxy groups -OCH3 is 1. The first-order chi connectivity index (χ1) is 8.76. The summed E-state index contributed by atoms with van der Waals surface area (Å²) < 4.78 is 4.72. The van der Waals surface area contributed by atoms with Gasteiger partial charge in [0.25, 0.3) is 0 Å². The van der Waals surface area contributed by atoms with Crippen molar-refractivity contribution in [1.82, 2.24) is 4.90 Å². The first-order valence-electron chi connectivity index (χ1n) is 6.20. The van der Waals surface area contributed by atoms with E-state index in [9.17, 15) is 4.79 Å². The van der Waals surface area contributed by atoms with Gasteiger partial charge in [-0.1, -0.05) is 36.4 Å². The molecule has 98 valence electrons. The van der Waals surface area contributed by atoms with Crippen LogP contribution >= 0.6 is 0 Å². The van der Waals surface area contributed by atoms with Crippen molar-refractivity contribution in [2.45, 2.75) is 19.4 Å². The Bertz CT molecular complexity index is 362. The highest BCUT2D eigenvalue weighted by molar-refractivity contribution is 5.71. The van der Waals surface area contributed by atoms with Crippen molar-refractivity contribution in [3.8, 4) is 0 Å². The zero-order valence-electron chi connectivity index (χ0n) is 11.0. The van der Waals surface area contributed by atoms with Crippen LogP contribution in [0.4, 0.5) is 0 Å². The Hall–Kier alpha value is -1.61. The summed E-state index contributed by atoms with van der Waals surface area (Å²) in [6, 6.07) is 10.1. The van der Waals surface area contributed by atoms with Crippen LogP contribution in [-0.4, -0.2) is 31.1 Å². The fraction of sp³-hybridized carbons (Fsp3) is 0.400. The number of hydrogen-bond acceptors (Lipinski definition) is 3. The van der Waals surface area contributed by atoms with Gasteiger partial charge in [-0.25, -0.2) is 0 Å². The highest BCUT2D eigenvalue weighted by Gasteiger charge is 2.10. The molecule has 3 nitrogen and oxygen atoms in total. The Kier molecular flexibility index (Phi) is 6.81. The molecule has 0 aliphatic carbocycles. The number of benzene rings is 1. The lowest BCUT2D eigenvalue weighted by Crippen LogP contribution is -2.31. The molecule has 0 aliphatic heterocycles. The van der Waals surface area contributed by atoms with Crippen LogP contribution < -0.4 is 0 Å². The summed E-state index contributed by atoms with van der Waals surface area (Å²) in [4.78, 5) is 13.5. The van der Waals surface area contributed by atoms with Crippen LogP contribution in [0, 0.1) is 0 Å². The molecule has 0 heterocycles. The van der Waals surface area contributed by atoms with E-state index in [2.05, 4.69) is 23.6 Å². The summed E-state index contributed by atoms with van der Waals surface area (Å²) in [5.41, 5.74) is 1.21. The van der Waals surface area contributed by atoms with E-state index in [4.69, 9.17) is 4.74 Å². The number of carbonyl (C=O) groups excluding carboxylic acids is 1. The van der Waals surface area contributed by atoms with Crippen molar-refractivity contribution >= 4 is 5.97 Å². The van der Waals surface area contributed by atoms with E-state index in [-0.39, 0.29) is 5.97 Å². The molecular formula is C15H21NO2. The third kappa shape index (κ3) is 5.64. The second-order valence-electron chi connectivity index (χ2n) is 4.20. The van der Waals surface area contributed by atoms with Gasteiger partial charge in [0, 0.05) is 6.54 Å². The predicted octanol–water partition coefficient (Wildman–Crippen LogP) is 2.63. The minimum Gasteiger partial charge on any atom is -0.468 e. The van der Waals surface area contributed by atoms with Crippen molar-refractivity contribution in [3.05, 3.63) is 48.6 Å². The normalized spacial score (nSPS) is 10.3. The summed E-state index contributed by atoms with van der Waals surface area (Å²) in [5, 5.41) is 0. The Balaban J connectivity index is 2.53. The SMILES string of the molecule is C=CCCCN(CC(=O)OC)Cc1ccccc1. The van der Waals surface area contributed by atoms with Crippen molar-refractivity contribution in [1.29, 1.82) is 0 Å². The van der Waals surface area contributed by atoms with Gasteiger partial charge in [-0.05, 0) is 24.9 Å². The molecule has 0 radical (unpaired) electrons. The van der Waals surface area contributed by atoms with Crippen molar-refractivity contribution in [2.75, 3.05) is 20.2 Å². The van der Waals surface area contributed by atoms with Gasteiger partial charge in [0.1, 0.15) is 0 Å². The molecule has 1 aromatic rings. The number of esters is 1. The molecule has 0 saturated heterocycles. The van der Waals surface area contributed by atoms with E-state index in [0.29, 0.717) is 6.54 Å². The van der Waals surface area contributed by atoms with Gasteiger partial charge in [0.2, 0.25) is 0 Å². The van der Waals surface area contributed by atoms with Gasteiger partial charge in [-0.3, -0.25) is 9.69 Å². The van der Waals surface area contributed by atoms with Crippen molar-refractivity contribution in [3.63, 3.8) is 0 Å². The predicted molar refractivity (Wildman–Crippen MR) is 73.2 cm³/mol. The Labute approximate surface area is 109 Å². The van der Waals surface area contributed by atoms with Crippen LogP contribution in [0.15, 0.2) is 43.0 Å². The van der Waals surface area contributed by atoms with Gasteiger partial charge in [-0.2, -0.15) is 0 Å². The van der Waals surface area contributed by atoms with Crippen LogP contribution in [0.3, 0.4) is 0 Å². The van der Waals surface area contributed by atoms with Gasteiger partial charge in [0.15, 0.2) is 0 Å². The molecule has 0 unspecified atom stereocenters. The summed E-state index contributed by atoms with van der Waals surface area (Å²) in [7, 11) is 1.42. The maximum atomic E-state index is 11.4. The minimum absolute atomic E-state index is 0.190. The molecule has 0 saturated carbocycles. The van der Waals surface area contributed by atoms with E-state index < -0.39 is 0 Å². The van der Waals surface area contributed by atoms with E-state index in [1.165, 1.54) is 12.7 Å². The first kappa shape index (κ1) is 14.5. The molecule has 0 spiro atoms. The lowest BCUT2D eigenvalue weighted by Gasteiger charge is -2.20. The van der Waals surface area contributed by atoms with Crippen LogP contribution in [-0.2, 0) is 16.1 Å². The zero-order chi connectivity index (χ0) is 13.2. The molecule has 18 heavy (non-hydrogen) atoms. The lowest BCUT2D eigenvalue weighted by atomic mass is 10.2. The molecule has 1 aromatic carbocycles.